The molecule has 1 aliphatic carbocycles. The van der Waals surface area contributed by atoms with E-state index in [4.69, 9.17) is 0 Å². The van der Waals surface area contributed by atoms with Gasteiger partial charge in [-0.3, -0.25) is 4.79 Å². The zero-order chi connectivity index (χ0) is 18.6. The molecule has 0 spiro atoms. The van der Waals surface area contributed by atoms with E-state index in [1.807, 2.05) is 24.3 Å². The van der Waals surface area contributed by atoms with Crippen LogP contribution in [-0.4, -0.2) is 21.9 Å². The Morgan fingerprint density at radius 2 is 1.81 bits per heavy atom. The number of halogens is 1. The molecule has 0 unspecified atom stereocenters. The molecule has 6 heteroatoms. The van der Waals surface area contributed by atoms with Crippen LogP contribution in [0.4, 0.5) is 10.3 Å². The van der Waals surface area contributed by atoms with Gasteiger partial charge >= 0.3 is 0 Å². The molecule has 1 aromatic heterocycles. The van der Waals surface area contributed by atoms with Crippen molar-refractivity contribution in [3.8, 4) is 0 Å². The van der Waals surface area contributed by atoms with Crippen molar-refractivity contribution in [2.24, 2.45) is 5.92 Å². The third-order valence-corrected chi connectivity index (χ3v) is 5.24. The highest BCUT2D eigenvalue weighted by Gasteiger charge is 2.26. The molecule has 0 aliphatic heterocycles. The summed E-state index contributed by atoms with van der Waals surface area (Å²) in [6, 6.07) is 14.8. The highest BCUT2D eigenvalue weighted by atomic mass is 19.1. The van der Waals surface area contributed by atoms with E-state index >= 15 is 0 Å². The van der Waals surface area contributed by atoms with Crippen molar-refractivity contribution in [2.45, 2.75) is 38.3 Å². The van der Waals surface area contributed by atoms with E-state index in [0.717, 1.165) is 42.7 Å². The predicted molar refractivity (Wildman–Crippen MR) is 104 cm³/mol. The first-order valence-corrected chi connectivity index (χ1v) is 9.41. The average Bonchev–Trinajstić information content (AvgIpc) is 3.10. The van der Waals surface area contributed by atoms with Crippen LogP contribution in [-0.2, 0) is 11.3 Å². The number of para-hydroxylation sites is 2. The Labute approximate surface area is 157 Å². The first-order chi connectivity index (χ1) is 13.2. The van der Waals surface area contributed by atoms with E-state index in [0.29, 0.717) is 11.6 Å². The maximum atomic E-state index is 13.6. The van der Waals surface area contributed by atoms with E-state index in [-0.39, 0.29) is 24.2 Å². The lowest BCUT2D eigenvalue weighted by atomic mass is 9.85. The highest BCUT2D eigenvalue weighted by molar-refractivity contribution is 5.79. The number of hydrogen-bond donors (Lipinski definition) is 3. The first-order valence-electron chi connectivity index (χ1n) is 9.41. The van der Waals surface area contributed by atoms with Crippen LogP contribution in [0.3, 0.4) is 0 Å². The van der Waals surface area contributed by atoms with Crippen molar-refractivity contribution < 1.29 is 9.18 Å². The first kappa shape index (κ1) is 17.5. The molecule has 1 fully saturated rings. The minimum absolute atomic E-state index is 0.00880. The third kappa shape index (κ3) is 4.10. The van der Waals surface area contributed by atoms with E-state index in [2.05, 4.69) is 20.6 Å². The molecule has 3 N–H and O–H groups in total. The van der Waals surface area contributed by atoms with Crippen LogP contribution in [0.5, 0.6) is 0 Å². The Hall–Kier alpha value is -2.89. The number of carbonyl (C=O) groups is 1. The zero-order valence-electron chi connectivity index (χ0n) is 15.0. The maximum Gasteiger partial charge on any atom is 0.223 e. The lowest BCUT2D eigenvalue weighted by molar-refractivity contribution is -0.126. The van der Waals surface area contributed by atoms with Gasteiger partial charge in [0.05, 0.1) is 11.0 Å². The molecule has 1 heterocycles. The Bertz CT molecular complexity index is 898. The molecule has 0 radical (unpaired) electrons. The largest absolute Gasteiger partial charge is 0.353 e. The van der Waals surface area contributed by atoms with Crippen LogP contribution in [0.25, 0.3) is 11.0 Å². The summed E-state index contributed by atoms with van der Waals surface area (Å²) < 4.78 is 13.6. The molecule has 2 aromatic carbocycles. The molecule has 0 atom stereocenters. The predicted octanol–water partition coefficient (Wildman–Crippen LogP) is 3.99. The SMILES string of the molecule is O=C(NCc1ccccc1F)[C@H]1CC[C@H](Nc2nc3ccccc3[nH]2)CC1. The summed E-state index contributed by atoms with van der Waals surface area (Å²) in [7, 11) is 0. The van der Waals surface area contributed by atoms with E-state index in [1.54, 1.807) is 18.2 Å². The topological polar surface area (TPSA) is 69.8 Å². The minimum Gasteiger partial charge on any atom is -0.353 e. The fourth-order valence-corrected chi connectivity index (χ4v) is 3.68. The lowest BCUT2D eigenvalue weighted by Gasteiger charge is -2.28. The standard InChI is InChI=1S/C21H23FN4O/c22-17-6-2-1-5-15(17)13-23-20(27)14-9-11-16(12-10-14)24-21-25-18-7-3-4-8-19(18)26-21/h1-8,14,16H,9-13H2,(H,23,27)(H2,24,25,26)/t14-,16-. The number of H-pyrrole nitrogens is 1. The van der Waals surface area contributed by atoms with E-state index < -0.39 is 0 Å². The summed E-state index contributed by atoms with van der Waals surface area (Å²) in [5.74, 6) is 0.506. The number of hydrogen-bond acceptors (Lipinski definition) is 3. The number of amides is 1. The van der Waals surface area contributed by atoms with Gasteiger partial charge in [0.1, 0.15) is 5.82 Å². The summed E-state index contributed by atoms with van der Waals surface area (Å²) in [4.78, 5) is 20.2. The zero-order valence-corrected chi connectivity index (χ0v) is 15.0. The number of aromatic nitrogens is 2. The second-order valence-electron chi connectivity index (χ2n) is 7.10. The number of carbonyl (C=O) groups excluding carboxylic acids is 1. The van der Waals surface area contributed by atoms with Gasteiger partial charge in [-0.05, 0) is 43.9 Å². The van der Waals surface area contributed by atoms with Gasteiger partial charge in [0.15, 0.2) is 0 Å². The van der Waals surface area contributed by atoms with Gasteiger partial charge in [-0.25, -0.2) is 9.37 Å². The molecule has 1 amide bonds. The summed E-state index contributed by atoms with van der Waals surface area (Å²) >= 11 is 0. The number of nitrogens with zero attached hydrogens (tertiary/aromatic N) is 1. The summed E-state index contributed by atoms with van der Waals surface area (Å²) in [5.41, 5.74) is 2.48. The molecule has 0 saturated heterocycles. The van der Waals surface area contributed by atoms with Crippen LogP contribution in [0.1, 0.15) is 31.2 Å². The Kier molecular flexibility index (Phi) is 5.05. The minimum atomic E-state index is -0.281. The summed E-state index contributed by atoms with van der Waals surface area (Å²) in [6.07, 6.45) is 3.46. The number of rotatable bonds is 5. The second-order valence-corrected chi connectivity index (χ2v) is 7.10. The molecule has 1 aliphatic rings. The molecular formula is C21H23FN4O. The Balaban J connectivity index is 1.27. The van der Waals surface area contributed by atoms with Crippen molar-refractivity contribution in [2.75, 3.05) is 5.32 Å². The second kappa shape index (κ2) is 7.78. The molecule has 3 aromatic rings. The van der Waals surface area contributed by atoms with E-state index in [1.165, 1.54) is 6.07 Å². The van der Waals surface area contributed by atoms with Crippen molar-refractivity contribution in [3.63, 3.8) is 0 Å². The monoisotopic (exact) mass is 366 g/mol. The van der Waals surface area contributed by atoms with Gasteiger partial charge in [0, 0.05) is 24.1 Å². The van der Waals surface area contributed by atoms with Crippen molar-refractivity contribution in [3.05, 3.63) is 59.9 Å². The Morgan fingerprint density at radius 1 is 1.07 bits per heavy atom. The summed E-state index contributed by atoms with van der Waals surface area (Å²) in [5, 5.41) is 6.32. The van der Waals surface area contributed by atoms with Crippen LogP contribution >= 0.6 is 0 Å². The van der Waals surface area contributed by atoms with Crippen LogP contribution in [0.2, 0.25) is 0 Å². The molecule has 140 valence electrons. The number of anilines is 1. The van der Waals surface area contributed by atoms with Gasteiger partial charge in [0.25, 0.3) is 0 Å². The lowest BCUT2D eigenvalue weighted by Crippen LogP contribution is -2.35. The Morgan fingerprint density at radius 3 is 2.59 bits per heavy atom. The summed E-state index contributed by atoms with van der Waals surface area (Å²) in [6.45, 7) is 0.239. The van der Waals surface area contributed by atoms with Gasteiger partial charge in [-0.2, -0.15) is 0 Å². The van der Waals surface area contributed by atoms with Gasteiger partial charge in [0.2, 0.25) is 11.9 Å². The third-order valence-electron chi connectivity index (χ3n) is 5.24. The molecule has 0 bridgehead atoms. The van der Waals surface area contributed by atoms with Crippen LogP contribution in [0, 0.1) is 11.7 Å². The smallest absolute Gasteiger partial charge is 0.223 e. The molecular weight excluding hydrogens is 343 g/mol. The van der Waals surface area contributed by atoms with Crippen molar-refractivity contribution in [1.29, 1.82) is 0 Å². The number of aromatic amines is 1. The number of imidazole rings is 1. The molecule has 4 rings (SSSR count). The normalized spacial score (nSPS) is 19.7. The molecule has 27 heavy (non-hydrogen) atoms. The van der Waals surface area contributed by atoms with Crippen LogP contribution in [0.15, 0.2) is 48.5 Å². The van der Waals surface area contributed by atoms with E-state index in [9.17, 15) is 9.18 Å². The molecule has 1 saturated carbocycles. The van der Waals surface area contributed by atoms with Crippen LogP contribution < -0.4 is 10.6 Å². The highest BCUT2D eigenvalue weighted by Crippen LogP contribution is 2.27. The van der Waals surface area contributed by atoms with Gasteiger partial charge < -0.3 is 15.6 Å². The number of nitrogens with one attached hydrogen (secondary N) is 3. The fraction of sp³-hybridized carbons (Fsp3) is 0.333. The average molecular weight is 366 g/mol. The number of fused-ring (bicyclic) bond motifs is 1. The quantitative estimate of drug-likeness (QED) is 0.639. The maximum absolute atomic E-state index is 13.6. The fourth-order valence-electron chi connectivity index (χ4n) is 3.68. The van der Waals surface area contributed by atoms with Crippen molar-refractivity contribution in [1.82, 2.24) is 15.3 Å². The van der Waals surface area contributed by atoms with Gasteiger partial charge in [-0.1, -0.05) is 30.3 Å². The van der Waals surface area contributed by atoms with Crippen molar-refractivity contribution >= 4 is 22.9 Å². The van der Waals surface area contributed by atoms with Gasteiger partial charge in [-0.15, -0.1) is 0 Å². The number of benzene rings is 2. The molecule has 5 nitrogen and oxygen atoms in total.